The van der Waals surface area contributed by atoms with Crippen molar-refractivity contribution in [1.29, 1.82) is 0 Å². The number of halogens is 1. The lowest BCUT2D eigenvalue weighted by molar-refractivity contribution is -0.143. The summed E-state index contributed by atoms with van der Waals surface area (Å²) in [5.41, 5.74) is 0. The molecule has 0 fully saturated rings. The molecule has 1 aromatic carbocycles. The SMILES string of the molecule is CC(Oc1ccc(Cl)cc1)OC(C)N(C)C. The first-order valence-electron chi connectivity index (χ1n) is 5.23. The highest BCUT2D eigenvalue weighted by Gasteiger charge is 2.11. The van der Waals surface area contributed by atoms with Crippen molar-refractivity contribution in [1.82, 2.24) is 4.90 Å². The lowest BCUT2D eigenvalue weighted by Crippen LogP contribution is -2.32. The van der Waals surface area contributed by atoms with Gasteiger partial charge in [-0.15, -0.1) is 0 Å². The van der Waals surface area contributed by atoms with Crippen LogP contribution in [0.5, 0.6) is 5.75 Å². The van der Waals surface area contributed by atoms with Crippen molar-refractivity contribution in [2.24, 2.45) is 0 Å². The van der Waals surface area contributed by atoms with E-state index < -0.39 is 0 Å². The number of hydrogen-bond acceptors (Lipinski definition) is 3. The zero-order valence-corrected chi connectivity index (χ0v) is 10.9. The number of hydrogen-bond donors (Lipinski definition) is 0. The molecule has 0 spiro atoms. The maximum absolute atomic E-state index is 5.78. The smallest absolute Gasteiger partial charge is 0.198 e. The van der Waals surface area contributed by atoms with Gasteiger partial charge in [0.15, 0.2) is 6.29 Å². The van der Waals surface area contributed by atoms with Crippen molar-refractivity contribution >= 4 is 11.6 Å². The monoisotopic (exact) mass is 243 g/mol. The van der Waals surface area contributed by atoms with E-state index in [0.29, 0.717) is 5.02 Å². The number of benzene rings is 1. The summed E-state index contributed by atoms with van der Waals surface area (Å²) in [6.45, 7) is 3.84. The molecular weight excluding hydrogens is 226 g/mol. The van der Waals surface area contributed by atoms with E-state index >= 15 is 0 Å². The van der Waals surface area contributed by atoms with Crippen LogP contribution in [0.25, 0.3) is 0 Å². The lowest BCUT2D eigenvalue weighted by atomic mass is 10.3. The molecule has 0 aromatic heterocycles. The van der Waals surface area contributed by atoms with Crippen molar-refractivity contribution < 1.29 is 9.47 Å². The van der Waals surface area contributed by atoms with Crippen LogP contribution in [0.2, 0.25) is 5.02 Å². The summed E-state index contributed by atoms with van der Waals surface area (Å²) < 4.78 is 11.2. The maximum Gasteiger partial charge on any atom is 0.198 e. The van der Waals surface area contributed by atoms with Gasteiger partial charge in [0.1, 0.15) is 12.0 Å². The van der Waals surface area contributed by atoms with Crippen molar-refractivity contribution in [2.75, 3.05) is 14.1 Å². The first-order valence-corrected chi connectivity index (χ1v) is 5.61. The Labute approximate surface area is 102 Å². The highest BCUT2D eigenvalue weighted by Crippen LogP contribution is 2.17. The Kier molecular flexibility index (Phi) is 5.06. The van der Waals surface area contributed by atoms with E-state index in [-0.39, 0.29) is 12.5 Å². The van der Waals surface area contributed by atoms with Crippen LogP contribution in [-0.2, 0) is 4.74 Å². The zero-order valence-electron chi connectivity index (χ0n) is 10.1. The molecular formula is C12H18ClNO2. The molecule has 90 valence electrons. The third-order valence-corrected chi connectivity index (χ3v) is 2.48. The third kappa shape index (κ3) is 4.39. The normalized spacial score (nSPS) is 14.9. The molecule has 0 saturated heterocycles. The van der Waals surface area contributed by atoms with Crippen LogP contribution < -0.4 is 4.74 Å². The van der Waals surface area contributed by atoms with E-state index in [4.69, 9.17) is 21.1 Å². The Morgan fingerprint density at radius 1 is 1.12 bits per heavy atom. The average molecular weight is 244 g/mol. The van der Waals surface area contributed by atoms with Gasteiger partial charge in [-0.25, -0.2) is 0 Å². The largest absolute Gasteiger partial charge is 0.465 e. The molecule has 16 heavy (non-hydrogen) atoms. The minimum Gasteiger partial charge on any atom is -0.465 e. The summed E-state index contributed by atoms with van der Waals surface area (Å²) in [6, 6.07) is 7.23. The van der Waals surface area contributed by atoms with Gasteiger partial charge in [-0.1, -0.05) is 11.6 Å². The molecule has 2 unspecified atom stereocenters. The number of nitrogens with zero attached hydrogens (tertiary/aromatic N) is 1. The fourth-order valence-corrected chi connectivity index (χ4v) is 1.26. The molecule has 0 heterocycles. The molecule has 2 atom stereocenters. The fourth-order valence-electron chi connectivity index (χ4n) is 1.13. The molecule has 0 aliphatic heterocycles. The Morgan fingerprint density at radius 2 is 1.69 bits per heavy atom. The van der Waals surface area contributed by atoms with Crippen LogP contribution in [0.1, 0.15) is 13.8 Å². The molecule has 0 bridgehead atoms. The molecule has 0 radical (unpaired) electrons. The quantitative estimate of drug-likeness (QED) is 0.743. The van der Waals surface area contributed by atoms with Crippen LogP contribution in [0.4, 0.5) is 0 Å². The minimum atomic E-state index is -0.293. The van der Waals surface area contributed by atoms with E-state index in [0.717, 1.165) is 5.75 Å². The minimum absolute atomic E-state index is 0.0160. The van der Waals surface area contributed by atoms with E-state index in [1.165, 1.54) is 0 Å². The molecule has 0 N–H and O–H groups in total. The van der Waals surface area contributed by atoms with Gasteiger partial charge < -0.3 is 9.47 Å². The summed E-state index contributed by atoms with van der Waals surface area (Å²) in [6.07, 6.45) is -0.277. The second kappa shape index (κ2) is 6.09. The van der Waals surface area contributed by atoms with Crippen LogP contribution in [0, 0.1) is 0 Å². The molecule has 0 aliphatic rings. The predicted molar refractivity (Wildman–Crippen MR) is 65.8 cm³/mol. The molecule has 0 saturated carbocycles. The number of ether oxygens (including phenoxy) is 2. The molecule has 0 amide bonds. The summed E-state index contributed by atoms with van der Waals surface area (Å²) >= 11 is 5.78. The Morgan fingerprint density at radius 3 is 2.19 bits per heavy atom. The van der Waals surface area contributed by atoms with Crippen molar-refractivity contribution in [2.45, 2.75) is 26.4 Å². The van der Waals surface area contributed by atoms with Crippen LogP contribution in [-0.4, -0.2) is 31.5 Å². The first-order chi connectivity index (χ1) is 7.49. The Bertz CT molecular complexity index is 313. The van der Waals surface area contributed by atoms with Gasteiger partial charge in [-0.05, 0) is 52.2 Å². The summed E-state index contributed by atoms with van der Waals surface area (Å²) in [5, 5.41) is 0.697. The highest BCUT2D eigenvalue weighted by atomic mass is 35.5. The maximum atomic E-state index is 5.78. The third-order valence-electron chi connectivity index (χ3n) is 2.23. The van der Waals surface area contributed by atoms with Crippen LogP contribution in [0.15, 0.2) is 24.3 Å². The number of rotatable bonds is 5. The zero-order chi connectivity index (χ0) is 12.1. The summed E-state index contributed by atoms with van der Waals surface area (Å²) in [5.74, 6) is 0.753. The van der Waals surface area contributed by atoms with Crippen LogP contribution >= 0.6 is 11.6 Å². The molecule has 1 rings (SSSR count). The molecule has 3 nitrogen and oxygen atoms in total. The summed E-state index contributed by atoms with van der Waals surface area (Å²) in [7, 11) is 3.92. The van der Waals surface area contributed by atoms with E-state index in [9.17, 15) is 0 Å². The van der Waals surface area contributed by atoms with Gasteiger partial charge in [-0.3, -0.25) is 4.90 Å². The van der Waals surface area contributed by atoms with Gasteiger partial charge in [0.2, 0.25) is 0 Å². The lowest BCUT2D eigenvalue weighted by Gasteiger charge is -2.24. The van der Waals surface area contributed by atoms with E-state index in [1.807, 2.05) is 45.0 Å². The van der Waals surface area contributed by atoms with Crippen molar-refractivity contribution in [3.05, 3.63) is 29.3 Å². The van der Waals surface area contributed by atoms with Gasteiger partial charge in [-0.2, -0.15) is 0 Å². The van der Waals surface area contributed by atoms with Gasteiger partial charge in [0, 0.05) is 5.02 Å². The van der Waals surface area contributed by atoms with Gasteiger partial charge >= 0.3 is 0 Å². The molecule has 1 aromatic rings. The van der Waals surface area contributed by atoms with Crippen LogP contribution in [0.3, 0.4) is 0 Å². The second-order valence-corrected chi connectivity index (χ2v) is 4.27. The Balaban J connectivity index is 2.45. The molecule has 0 aliphatic carbocycles. The fraction of sp³-hybridized carbons (Fsp3) is 0.500. The predicted octanol–water partition coefficient (Wildman–Crippen LogP) is 2.99. The van der Waals surface area contributed by atoms with Crippen molar-refractivity contribution in [3.8, 4) is 5.75 Å². The standard InChI is InChI=1S/C12H18ClNO2/c1-9(14(3)4)15-10(2)16-12-7-5-11(13)6-8-12/h5-10H,1-4H3. The van der Waals surface area contributed by atoms with Gasteiger partial charge in [0.05, 0.1) is 0 Å². The van der Waals surface area contributed by atoms with E-state index in [1.54, 1.807) is 12.1 Å². The summed E-state index contributed by atoms with van der Waals surface area (Å²) in [4.78, 5) is 1.97. The van der Waals surface area contributed by atoms with Gasteiger partial charge in [0.25, 0.3) is 0 Å². The topological polar surface area (TPSA) is 21.7 Å². The Hall–Kier alpha value is -0.770. The van der Waals surface area contributed by atoms with E-state index in [2.05, 4.69) is 0 Å². The molecule has 4 heteroatoms. The second-order valence-electron chi connectivity index (χ2n) is 3.84. The average Bonchev–Trinajstić information content (AvgIpc) is 2.21. The van der Waals surface area contributed by atoms with Crippen molar-refractivity contribution in [3.63, 3.8) is 0 Å². The first kappa shape index (κ1) is 13.3. The highest BCUT2D eigenvalue weighted by molar-refractivity contribution is 6.30.